The van der Waals surface area contributed by atoms with Crippen LogP contribution >= 0.6 is 0 Å². The summed E-state index contributed by atoms with van der Waals surface area (Å²) in [6.07, 6.45) is 5.20. The van der Waals surface area contributed by atoms with Gasteiger partial charge in [0.2, 0.25) is 5.95 Å². The first-order valence-electron chi connectivity index (χ1n) is 12.0. The molecule has 1 N–H and O–H groups in total. The van der Waals surface area contributed by atoms with Crippen LogP contribution in [0.1, 0.15) is 31.0 Å². The van der Waals surface area contributed by atoms with Gasteiger partial charge in [0.15, 0.2) is 11.5 Å². The minimum atomic E-state index is -0.257. The van der Waals surface area contributed by atoms with Crippen molar-refractivity contribution >= 4 is 22.7 Å². The van der Waals surface area contributed by atoms with E-state index >= 15 is 0 Å². The minimum absolute atomic E-state index is 0.141. The fourth-order valence-electron chi connectivity index (χ4n) is 4.67. The number of nitrogens with zero attached hydrogens (tertiary/aromatic N) is 7. The fraction of sp³-hybridized carbons (Fsp3) is 0.346. The van der Waals surface area contributed by atoms with Gasteiger partial charge in [-0.15, -0.1) is 11.7 Å². The molecular formula is C26H30N8O2. The van der Waals surface area contributed by atoms with Crippen molar-refractivity contribution < 1.29 is 0 Å². The van der Waals surface area contributed by atoms with Crippen LogP contribution in [0.3, 0.4) is 0 Å². The van der Waals surface area contributed by atoms with E-state index in [-0.39, 0.29) is 23.7 Å². The minimum Gasteiger partial charge on any atom is -0.324 e. The molecule has 10 nitrogen and oxygen atoms in total. The Labute approximate surface area is 208 Å². The van der Waals surface area contributed by atoms with Crippen LogP contribution in [-0.2, 0) is 19.4 Å². The van der Waals surface area contributed by atoms with Crippen molar-refractivity contribution in [2.75, 3.05) is 19.4 Å². The van der Waals surface area contributed by atoms with Gasteiger partial charge < -0.3 is 10.2 Å². The molecule has 3 heterocycles. The molecule has 0 amide bonds. The quantitative estimate of drug-likeness (QED) is 0.401. The van der Waals surface area contributed by atoms with Crippen molar-refractivity contribution in [2.45, 2.75) is 45.3 Å². The predicted molar refractivity (Wildman–Crippen MR) is 140 cm³/mol. The third kappa shape index (κ3) is 4.13. The zero-order chi connectivity index (χ0) is 25.6. The molecule has 1 unspecified atom stereocenters. The Morgan fingerprint density at radius 3 is 2.67 bits per heavy atom. The topological polar surface area (TPSA) is 103 Å². The molecule has 186 valence electrons. The van der Waals surface area contributed by atoms with E-state index in [4.69, 9.17) is 4.98 Å². The summed E-state index contributed by atoms with van der Waals surface area (Å²) in [5.41, 5.74) is 3.49. The summed E-state index contributed by atoms with van der Waals surface area (Å²) in [6, 6.07) is 9.72. The number of fused-ring (bicyclic) bond motifs is 2. The monoisotopic (exact) mass is 486 g/mol. The number of likely N-dealkylation sites (N-methyl/N-ethyl adjacent to an activating group) is 1. The van der Waals surface area contributed by atoms with Crippen molar-refractivity contribution in [3.63, 3.8) is 0 Å². The first-order chi connectivity index (χ1) is 17.3. The second kappa shape index (κ2) is 9.19. The molecule has 0 radical (unpaired) electrons. The van der Waals surface area contributed by atoms with Crippen LogP contribution in [-0.4, -0.2) is 54.1 Å². The van der Waals surface area contributed by atoms with Crippen LogP contribution in [0.5, 0.6) is 0 Å². The van der Waals surface area contributed by atoms with Crippen molar-refractivity contribution in [3.8, 4) is 5.82 Å². The fourth-order valence-corrected chi connectivity index (χ4v) is 4.67. The molecule has 0 bridgehead atoms. The average Bonchev–Trinajstić information content (AvgIpc) is 3.39. The van der Waals surface area contributed by atoms with Gasteiger partial charge in [-0.25, -0.2) is 19.0 Å². The van der Waals surface area contributed by atoms with Gasteiger partial charge in [-0.05, 0) is 70.1 Å². The highest BCUT2D eigenvalue weighted by Gasteiger charge is 2.23. The maximum atomic E-state index is 13.2. The normalized spacial score (nSPS) is 15.1. The summed E-state index contributed by atoms with van der Waals surface area (Å²) in [5, 5.41) is 8.16. The summed E-state index contributed by atoms with van der Waals surface area (Å²) in [6.45, 7) is 7.79. The molecular weight excluding hydrogens is 456 g/mol. The van der Waals surface area contributed by atoms with Gasteiger partial charge in [0.05, 0.1) is 12.6 Å². The summed E-state index contributed by atoms with van der Waals surface area (Å²) < 4.78 is 4.50. The van der Waals surface area contributed by atoms with Gasteiger partial charge in [-0.3, -0.25) is 9.59 Å². The van der Waals surface area contributed by atoms with E-state index < -0.39 is 0 Å². The molecule has 1 aliphatic rings. The number of anilines is 2. The van der Waals surface area contributed by atoms with E-state index in [1.54, 1.807) is 16.8 Å². The molecule has 1 aromatic carbocycles. The van der Waals surface area contributed by atoms with Gasteiger partial charge in [0, 0.05) is 24.0 Å². The first kappa shape index (κ1) is 23.7. The van der Waals surface area contributed by atoms with Crippen LogP contribution in [0.25, 0.3) is 16.9 Å². The predicted octanol–water partition coefficient (Wildman–Crippen LogP) is 2.68. The lowest BCUT2D eigenvalue weighted by Gasteiger charge is -2.17. The second-order valence-electron chi connectivity index (χ2n) is 9.62. The number of hydrogen-bond acceptors (Lipinski definition) is 7. The number of benzene rings is 1. The molecule has 5 rings (SSSR count). The third-order valence-corrected chi connectivity index (χ3v) is 6.60. The van der Waals surface area contributed by atoms with Crippen LogP contribution < -0.4 is 16.4 Å². The highest BCUT2D eigenvalue weighted by atomic mass is 16.1. The van der Waals surface area contributed by atoms with Gasteiger partial charge in [0.1, 0.15) is 5.39 Å². The molecule has 0 fully saturated rings. The zero-order valence-corrected chi connectivity index (χ0v) is 21.0. The van der Waals surface area contributed by atoms with Gasteiger partial charge >= 0.3 is 0 Å². The smallest absolute Gasteiger partial charge is 0.278 e. The van der Waals surface area contributed by atoms with E-state index in [2.05, 4.69) is 53.1 Å². The van der Waals surface area contributed by atoms with Gasteiger partial charge in [-0.2, -0.15) is 4.98 Å². The molecule has 1 aliphatic carbocycles. The summed E-state index contributed by atoms with van der Waals surface area (Å²) in [4.78, 5) is 36.8. The maximum absolute atomic E-state index is 13.2. The van der Waals surface area contributed by atoms with Crippen LogP contribution in [0.15, 0.2) is 58.8 Å². The van der Waals surface area contributed by atoms with E-state index in [9.17, 15) is 9.59 Å². The maximum Gasteiger partial charge on any atom is 0.278 e. The number of aromatic nitrogens is 6. The largest absolute Gasteiger partial charge is 0.324 e. The lowest BCUT2D eigenvalue weighted by molar-refractivity contribution is 0.303. The SMILES string of the molecule is C=CCn1c(=O)c2cnc(Nc3ccc4c(c3)CC(N(C)C)C4)nc2n1-c1ccc(=O)n(C(C)C)n1. The molecule has 0 spiro atoms. The number of nitrogens with one attached hydrogen (secondary N) is 1. The number of hydrogen-bond donors (Lipinski definition) is 1. The van der Waals surface area contributed by atoms with Crippen molar-refractivity contribution in [1.29, 1.82) is 0 Å². The molecule has 3 aromatic heterocycles. The van der Waals surface area contributed by atoms with E-state index in [0.717, 1.165) is 18.5 Å². The standard InChI is InChI=1S/C26H30N8O2/c1-6-11-32-25(36)21-15-27-26(28-19-8-7-17-13-20(31(4)5)14-18(17)12-19)29-24(21)34(32)22-9-10-23(35)33(30-22)16(2)3/h6-10,12,15-16,20H,1,11,13-14H2,2-5H3,(H,27,28,29). The molecule has 36 heavy (non-hydrogen) atoms. The Morgan fingerprint density at radius 2 is 1.94 bits per heavy atom. The van der Waals surface area contributed by atoms with Gasteiger partial charge in [-0.1, -0.05) is 12.1 Å². The highest BCUT2D eigenvalue weighted by molar-refractivity contribution is 5.77. The highest BCUT2D eigenvalue weighted by Crippen LogP contribution is 2.28. The summed E-state index contributed by atoms with van der Waals surface area (Å²) in [5.74, 6) is 0.778. The molecule has 0 saturated carbocycles. The van der Waals surface area contributed by atoms with E-state index in [1.807, 2.05) is 19.9 Å². The molecule has 0 saturated heterocycles. The molecule has 0 aliphatic heterocycles. The Bertz CT molecular complexity index is 1580. The Morgan fingerprint density at radius 1 is 1.17 bits per heavy atom. The lowest BCUT2D eigenvalue weighted by Crippen LogP contribution is -2.28. The number of rotatable bonds is 7. The number of allylic oxidation sites excluding steroid dienone is 1. The summed E-state index contributed by atoms with van der Waals surface area (Å²) >= 11 is 0. The average molecular weight is 487 g/mol. The Hall–Kier alpha value is -4.05. The Balaban J connectivity index is 1.58. The lowest BCUT2D eigenvalue weighted by atomic mass is 10.1. The van der Waals surface area contributed by atoms with Crippen molar-refractivity contribution in [2.24, 2.45) is 0 Å². The molecule has 1 atom stereocenters. The second-order valence-corrected chi connectivity index (χ2v) is 9.62. The van der Waals surface area contributed by atoms with Crippen LogP contribution in [0.4, 0.5) is 11.6 Å². The van der Waals surface area contributed by atoms with Crippen LogP contribution in [0.2, 0.25) is 0 Å². The van der Waals surface area contributed by atoms with Crippen LogP contribution in [0, 0.1) is 0 Å². The summed E-state index contributed by atoms with van der Waals surface area (Å²) in [7, 11) is 4.22. The first-order valence-corrected chi connectivity index (χ1v) is 12.0. The van der Waals surface area contributed by atoms with E-state index in [0.29, 0.717) is 28.8 Å². The third-order valence-electron chi connectivity index (χ3n) is 6.60. The Kier molecular flexibility index (Phi) is 6.05. The van der Waals surface area contributed by atoms with Crippen molar-refractivity contribution in [3.05, 3.63) is 81.0 Å². The van der Waals surface area contributed by atoms with Crippen molar-refractivity contribution in [1.82, 2.24) is 34.0 Å². The van der Waals surface area contributed by atoms with Gasteiger partial charge in [0.25, 0.3) is 11.1 Å². The van der Waals surface area contributed by atoms with E-state index in [1.165, 1.54) is 32.8 Å². The molecule has 10 heteroatoms. The zero-order valence-electron chi connectivity index (χ0n) is 21.0. The molecule has 4 aromatic rings.